The Morgan fingerprint density at radius 1 is 0.240 bits per heavy atom. The van der Waals surface area contributed by atoms with Crippen molar-refractivity contribution in [2.24, 2.45) is 0 Å². The zero-order valence-electron chi connectivity index (χ0n) is 41.2. The molecule has 0 aliphatic rings. The molecule has 3 heterocycles. The molecule has 0 aliphatic carbocycles. The van der Waals surface area contributed by atoms with Crippen molar-refractivity contribution in [2.75, 3.05) is 9.80 Å². The molecule has 0 fully saturated rings. The van der Waals surface area contributed by atoms with Gasteiger partial charge in [-0.2, -0.15) is 0 Å². The van der Waals surface area contributed by atoms with Crippen LogP contribution in [0.4, 0.5) is 34.1 Å². The van der Waals surface area contributed by atoms with Crippen LogP contribution in [0.2, 0.25) is 0 Å². The summed E-state index contributed by atoms with van der Waals surface area (Å²) < 4.78 is 19.9. The Morgan fingerprint density at radius 2 is 0.613 bits per heavy atom. The molecule has 354 valence electrons. The largest absolute Gasteiger partial charge is 0.456 e. The van der Waals surface area contributed by atoms with Crippen LogP contribution in [0.1, 0.15) is 11.1 Å². The standard InChI is InChI=1S/C70H46N2O3/c1-43-59-41-69-61(37-49(59)27-33-63(43)71(51-21-13-19-47(35-51)45-15-5-3-6-16-45)53-29-31-57-55-23-9-11-25-65(55)73-67(57)39-53)62-38-50-28-34-64(44(2)60(50)42-70(62)75-69)72(52-22-14-20-48(36-52)46-17-7-4-8-18-46)54-30-32-58-56-24-10-12-26-66(56)74-68(58)40-54/h3-42H,1-2H3. The van der Waals surface area contributed by atoms with Gasteiger partial charge in [0.2, 0.25) is 0 Å². The van der Waals surface area contributed by atoms with Crippen LogP contribution in [-0.4, -0.2) is 0 Å². The third-order valence-corrected chi connectivity index (χ3v) is 15.4. The zero-order valence-corrected chi connectivity index (χ0v) is 41.2. The molecular weight excluding hydrogens is 917 g/mol. The van der Waals surface area contributed by atoms with E-state index in [1.54, 1.807) is 0 Å². The molecule has 0 bridgehead atoms. The van der Waals surface area contributed by atoms with Gasteiger partial charge in [0, 0.05) is 78.6 Å². The summed E-state index contributed by atoms with van der Waals surface area (Å²) in [4.78, 5) is 4.72. The predicted octanol–water partition coefficient (Wildman–Crippen LogP) is 20.6. The molecule has 12 aromatic carbocycles. The smallest absolute Gasteiger partial charge is 0.137 e. The van der Waals surface area contributed by atoms with Crippen molar-refractivity contribution in [2.45, 2.75) is 13.8 Å². The first-order chi connectivity index (χ1) is 37.0. The Labute approximate surface area is 432 Å². The third kappa shape index (κ3) is 7.00. The molecule has 0 saturated heterocycles. The summed E-state index contributed by atoms with van der Waals surface area (Å²) in [5.41, 5.74) is 18.4. The maximum Gasteiger partial charge on any atom is 0.137 e. The summed E-state index contributed by atoms with van der Waals surface area (Å²) in [7, 11) is 0. The lowest BCUT2D eigenvalue weighted by Gasteiger charge is -2.28. The first-order valence-corrected chi connectivity index (χ1v) is 25.5. The van der Waals surface area contributed by atoms with Crippen molar-refractivity contribution in [3.05, 3.63) is 254 Å². The topological polar surface area (TPSA) is 45.9 Å². The minimum atomic E-state index is 0.851. The van der Waals surface area contributed by atoms with E-state index in [1.165, 1.54) is 11.1 Å². The van der Waals surface area contributed by atoms with Crippen LogP contribution in [0.15, 0.2) is 256 Å². The molecular formula is C70H46N2O3. The monoisotopic (exact) mass is 962 g/mol. The van der Waals surface area contributed by atoms with Gasteiger partial charge in [0.05, 0.1) is 0 Å². The van der Waals surface area contributed by atoms with Crippen molar-refractivity contribution in [1.29, 1.82) is 0 Å². The van der Waals surface area contributed by atoms with Crippen molar-refractivity contribution in [1.82, 2.24) is 0 Å². The van der Waals surface area contributed by atoms with E-state index in [2.05, 4.69) is 242 Å². The second kappa shape index (κ2) is 16.9. The summed E-state index contributed by atoms with van der Waals surface area (Å²) in [6.45, 7) is 4.46. The van der Waals surface area contributed by atoms with Crippen LogP contribution >= 0.6 is 0 Å². The molecule has 0 saturated carbocycles. The van der Waals surface area contributed by atoms with Gasteiger partial charge < -0.3 is 23.1 Å². The second-order valence-electron chi connectivity index (χ2n) is 19.7. The van der Waals surface area contributed by atoms with Gasteiger partial charge in [-0.25, -0.2) is 0 Å². The van der Waals surface area contributed by atoms with Gasteiger partial charge >= 0.3 is 0 Å². The highest BCUT2D eigenvalue weighted by molar-refractivity contribution is 6.15. The van der Waals surface area contributed by atoms with Crippen molar-refractivity contribution in [3.8, 4) is 22.3 Å². The highest BCUT2D eigenvalue weighted by Gasteiger charge is 2.23. The van der Waals surface area contributed by atoms with Gasteiger partial charge in [-0.3, -0.25) is 0 Å². The molecule has 15 aromatic rings. The maximum absolute atomic E-state index is 6.95. The van der Waals surface area contributed by atoms with Crippen LogP contribution < -0.4 is 9.80 Å². The molecule has 0 aliphatic heterocycles. The average molecular weight is 963 g/mol. The van der Waals surface area contributed by atoms with E-state index in [-0.39, 0.29) is 0 Å². The zero-order chi connectivity index (χ0) is 49.7. The number of rotatable bonds is 8. The van der Waals surface area contributed by atoms with Crippen LogP contribution in [0.25, 0.3) is 110 Å². The fourth-order valence-corrected chi connectivity index (χ4v) is 11.6. The van der Waals surface area contributed by atoms with Crippen LogP contribution in [0.5, 0.6) is 0 Å². The fraction of sp³-hybridized carbons (Fsp3) is 0.0286. The first-order valence-electron chi connectivity index (χ1n) is 25.5. The average Bonchev–Trinajstić information content (AvgIpc) is 4.15. The van der Waals surface area contributed by atoms with E-state index >= 15 is 0 Å². The SMILES string of the molecule is Cc1c(N(c2cccc(-c3ccccc3)c2)c2ccc3c(c2)oc2ccccc23)ccc2cc3c(cc12)oc1cc2c(C)c(N(c4cccc(-c5ccccc5)c4)c4ccc5c(c4)oc4ccccc45)ccc2cc13. The minimum absolute atomic E-state index is 0.851. The quantitative estimate of drug-likeness (QED) is 0.152. The van der Waals surface area contributed by atoms with Gasteiger partial charge in [0.15, 0.2) is 0 Å². The van der Waals surface area contributed by atoms with E-state index in [9.17, 15) is 0 Å². The van der Waals surface area contributed by atoms with E-state index < -0.39 is 0 Å². The molecule has 5 nitrogen and oxygen atoms in total. The number of para-hydroxylation sites is 2. The van der Waals surface area contributed by atoms with Crippen LogP contribution in [0.3, 0.4) is 0 Å². The fourth-order valence-electron chi connectivity index (χ4n) is 11.6. The van der Waals surface area contributed by atoms with Gasteiger partial charge in [0.1, 0.15) is 33.5 Å². The lowest BCUT2D eigenvalue weighted by molar-refractivity contribution is 0.668. The molecule has 0 radical (unpaired) electrons. The summed E-state index contributed by atoms with van der Waals surface area (Å²) in [6, 6.07) is 86.5. The molecule has 0 spiro atoms. The van der Waals surface area contributed by atoms with E-state index in [0.717, 1.165) is 144 Å². The van der Waals surface area contributed by atoms with Crippen molar-refractivity contribution >= 4 is 121 Å². The molecule has 0 unspecified atom stereocenters. The second-order valence-corrected chi connectivity index (χ2v) is 19.7. The number of benzene rings is 12. The van der Waals surface area contributed by atoms with Gasteiger partial charge in [-0.05, 0) is 166 Å². The lowest BCUT2D eigenvalue weighted by atomic mass is 9.97. The normalized spacial score (nSPS) is 11.9. The van der Waals surface area contributed by atoms with E-state index in [0.29, 0.717) is 0 Å². The summed E-state index contributed by atoms with van der Waals surface area (Å²) in [5.74, 6) is 0. The van der Waals surface area contributed by atoms with Crippen LogP contribution in [0, 0.1) is 13.8 Å². The number of fused-ring (bicyclic) bond motifs is 11. The van der Waals surface area contributed by atoms with Crippen molar-refractivity contribution in [3.63, 3.8) is 0 Å². The minimum Gasteiger partial charge on any atom is -0.456 e. The molecule has 5 heteroatoms. The molecule has 75 heavy (non-hydrogen) atoms. The molecule has 0 atom stereocenters. The number of nitrogens with zero attached hydrogens (tertiary/aromatic N) is 2. The Morgan fingerprint density at radius 3 is 1.08 bits per heavy atom. The summed E-state index contributed by atoms with van der Waals surface area (Å²) in [5, 5.41) is 11.2. The maximum atomic E-state index is 6.95. The number of hydrogen-bond acceptors (Lipinski definition) is 5. The summed E-state index contributed by atoms with van der Waals surface area (Å²) in [6.07, 6.45) is 0. The van der Waals surface area contributed by atoms with Gasteiger partial charge in [0.25, 0.3) is 0 Å². The molecule has 3 aromatic heterocycles. The van der Waals surface area contributed by atoms with Gasteiger partial charge in [-0.15, -0.1) is 0 Å². The van der Waals surface area contributed by atoms with E-state index in [1.807, 2.05) is 24.3 Å². The first kappa shape index (κ1) is 42.8. The number of furan rings is 3. The summed E-state index contributed by atoms with van der Waals surface area (Å²) >= 11 is 0. The predicted molar refractivity (Wildman–Crippen MR) is 313 cm³/mol. The Kier molecular flexibility index (Phi) is 9.63. The Balaban J connectivity index is 0.869. The molecule has 0 N–H and O–H groups in total. The highest BCUT2D eigenvalue weighted by atomic mass is 16.3. The third-order valence-electron chi connectivity index (χ3n) is 15.4. The van der Waals surface area contributed by atoms with E-state index in [4.69, 9.17) is 13.3 Å². The lowest BCUT2D eigenvalue weighted by Crippen LogP contribution is -2.11. The number of aryl methyl sites for hydroxylation is 2. The van der Waals surface area contributed by atoms with Crippen LogP contribution in [-0.2, 0) is 0 Å². The van der Waals surface area contributed by atoms with Crippen molar-refractivity contribution < 1.29 is 13.3 Å². The Hall–Kier alpha value is -9.84. The number of anilines is 6. The highest BCUT2D eigenvalue weighted by Crippen LogP contribution is 2.47. The molecule has 15 rings (SSSR count). The molecule has 0 amide bonds. The van der Waals surface area contributed by atoms with Gasteiger partial charge in [-0.1, -0.05) is 133 Å². The number of hydrogen-bond donors (Lipinski definition) is 0. The Bertz CT molecular complexity index is 4450.